The van der Waals surface area contributed by atoms with Crippen molar-refractivity contribution in [2.45, 2.75) is 51.1 Å². The second kappa shape index (κ2) is 6.43. The number of hydrogen-bond donors (Lipinski definition) is 2. The van der Waals surface area contributed by atoms with Crippen molar-refractivity contribution in [1.29, 1.82) is 0 Å². The molecule has 0 amide bonds. The molecule has 0 radical (unpaired) electrons. The summed E-state index contributed by atoms with van der Waals surface area (Å²) in [4.78, 5) is 6.84. The molecule has 1 unspecified atom stereocenters. The molecule has 1 aliphatic heterocycles. The number of oxime groups is 1. The molecule has 3 N–H and O–H groups in total. The number of aromatic nitrogens is 1. The molecule has 2 aliphatic rings. The van der Waals surface area contributed by atoms with E-state index in [4.69, 9.17) is 10.9 Å². The lowest BCUT2D eigenvalue weighted by Crippen LogP contribution is -2.35. The van der Waals surface area contributed by atoms with E-state index < -0.39 is 0 Å². The zero-order valence-electron chi connectivity index (χ0n) is 12.4. The van der Waals surface area contributed by atoms with Gasteiger partial charge >= 0.3 is 0 Å². The minimum atomic E-state index is 0.0993. The van der Waals surface area contributed by atoms with Gasteiger partial charge in [-0.05, 0) is 49.8 Å². The summed E-state index contributed by atoms with van der Waals surface area (Å²) in [5, 5.41) is 12.0. The summed E-state index contributed by atoms with van der Waals surface area (Å²) >= 11 is 0. The lowest BCUT2D eigenvalue weighted by atomic mass is 9.95. The van der Waals surface area contributed by atoms with Gasteiger partial charge in [-0.2, -0.15) is 0 Å². The smallest absolute Gasteiger partial charge is 0.189 e. The molecule has 5 nitrogen and oxygen atoms in total. The summed E-state index contributed by atoms with van der Waals surface area (Å²) in [5.74, 6) is 0.957. The highest BCUT2D eigenvalue weighted by Crippen LogP contribution is 2.36. The van der Waals surface area contributed by atoms with Gasteiger partial charge in [0.25, 0.3) is 0 Å². The number of amidine groups is 1. The lowest BCUT2D eigenvalue weighted by molar-refractivity contribution is 0.183. The number of likely N-dealkylation sites (tertiary alicyclic amines) is 1. The Morgan fingerprint density at radius 2 is 2.14 bits per heavy atom. The third kappa shape index (κ3) is 3.02. The number of nitrogens with two attached hydrogens (primary N) is 1. The summed E-state index contributed by atoms with van der Waals surface area (Å²) in [6.45, 7) is 1.99. The second-order valence-electron chi connectivity index (χ2n) is 6.22. The number of pyridine rings is 1. The van der Waals surface area contributed by atoms with Gasteiger partial charge in [0, 0.05) is 18.8 Å². The summed E-state index contributed by atoms with van der Waals surface area (Å²) in [7, 11) is 0. The summed E-state index contributed by atoms with van der Waals surface area (Å²) in [5.41, 5.74) is 7.41. The first-order chi connectivity index (χ1) is 10.3. The maximum Gasteiger partial charge on any atom is 0.189 e. The molecule has 114 valence electrons. The van der Waals surface area contributed by atoms with Gasteiger partial charge in [0.1, 0.15) is 5.69 Å². The van der Waals surface area contributed by atoms with E-state index >= 15 is 0 Å². The van der Waals surface area contributed by atoms with Crippen LogP contribution < -0.4 is 5.73 Å². The minimum Gasteiger partial charge on any atom is -0.409 e. The van der Waals surface area contributed by atoms with Crippen LogP contribution in [0.5, 0.6) is 0 Å². The first-order valence-corrected chi connectivity index (χ1v) is 7.95. The van der Waals surface area contributed by atoms with Gasteiger partial charge in [-0.15, -0.1) is 0 Å². The van der Waals surface area contributed by atoms with Crippen LogP contribution in [0.4, 0.5) is 0 Å². The SMILES string of the molecule is NC(=NO)c1ncccc1CN1CCCC1C1CCCC1. The van der Waals surface area contributed by atoms with Crippen LogP contribution >= 0.6 is 0 Å². The van der Waals surface area contributed by atoms with Gasteiger partial charge in [0.05, 0.1) is 0 Å². The topological polar surface area (TPSA) is 74.7 Å². The molecule has 0 aromatic carbocycles. The van der Waals surface area contributed by atoms with E-state index in [1.165, 1.54) is 38.5 Å². The Bertz CT molecular complexity index is 511. The van der Waals surface area contributed by atoms with E-state index in [0.717, 1.165) is 24.6 Å². The quantitative estimate of drug-likeness (QED) is 0.386. The molecule has 1 aliphatic carbocycles. The van der Waals surface area contributed by atoms with Crippen LogP contribution in [0.15, 0.2) is 23.5 Å². The lowest BCUT2D eigenvalue weighted by Gasteiger charge is -2.29. The van der Waals surface area contributed by atoms with Crippen molar-refractivity contribution in [2.24, 2.45) is 16.8 Å². The molecule has 0 bridgehead atoms. The highest BCUT2D eigenvalue weighted by atomic mass is 16.4. The Hall–Kier alpha value is -1.62. The predicted octanol–water partition coefficient (Wildman–Crippen LogP) is 2.33. The molecule has 1 aromatic heterocycles. The van der Waals surface area contributed by atoms with Gasteiger partial charge in [-0.3, -0.25) is 9.88 Å². The highest BCUT2D eigenvalue weighted by molar-refractivity contribution is 5.96. The fourth-order valence-corrected chi connectivity index (χ4v) is 3.99. The van der Waals surface area contributed by atoms with E-state index in [0.29, 0.717) is 11.7 Å². The van der Waals surface area contributed by atoms with Crippen molar-refractivity contribution >= 4 is 5.84 Å². The van der Waals surface area contributed by atoms with Crippen LogP contribution in [0.3, 0.4) is 0 Å². The average molecular weight is 288 g/mol. The summed E-state index contributed by atoms with van der Waals surface area (Å²) in [6, 6.07) is 4.65. The van der Waals surface area contributed by atoms with Crippen molar-refractivity contribution in [3.63, 3.8) is 0 Å². The van der Waals surface area contributed by atoms with Crippen molar-refractivity contribution in [1.82, 2.24) is 9.88 Å². The Kier molecular flexibility index (Phi) is 4.39. The largest absolute Gasteiger partial charge is 0.409 e. The molecule has 2 heterocycles. The molecule has 1 saturated carbocycles. The molecule has 1 saturated heterocycles. The van der Waals surface area contributed by atoms with Crippen LogP contribution in [0.1, 0.15) is 49.8 Å². The molecule has 3 rings (SSSR count). The van der Waals surface area contributed by atoms with Gasteiger partial charge in [0.15, 0.2) is 5.84 Å². The normalized spacial score (nSPS) is 24.8. The van der Waals surface area contributed by atoms with Crippen LogP contribution in [-0.2, 0) is 6.54 Å². The zero-order chi connectivity index (χ0) is 14.7. The Morgan fingerprint density at radius 3 is 2.90 bits per heavy atom. The van der Waals surface area contributed by atoms with Crippen molar-refractivity contribution < 1.29 is 5.21 Å². The number of rotatable bonds is 4. The molecular formula is C16H24N4O. The first-order valence-electron chi connectivity index (χ1n) is 7.95. The fourth-order valence-electron chi connectivity index (χ4n) is 3.99. The Labute approximate surface area is 125 Å². The summed E-state index contributed by atoms with van der Waals surface area (Å²) in [6.07, 6.45) is 9.80. The Balaban J connectivity index is 1.76. The van der Waals surface area contributed by atoms with E-state index in [9.17, 15) is 0 Å². The zero-order valence-corrected chi connectivity index (χ0v) is 12.4. The second-order valence-corrected chi connectivity index (χ2v) is 6.22. The third-order valence-corrected chi connectivity index (χ3v) is 4.97. The molecule has 2 fully saturated rings. The van der Waals surface area contributed by atoms with Crippen molar-refractivity contribution in [3.8, 4) is 0 Å². The van der Waals surface area contributed by atoms with Gasteiger partial charge in [-0.25, -0.2) is 0 Å². The maximum absolute atomic E-state index is 8.91. The van der Waals surface area contributed by atoms with Crippen LogP contribution in [0.25, 0.3) is 0 Å². The molecule has 5 heteroatoms. The first kappa shape index (κ1) is 14.3. The van der Waals surface area contributed by atoms with E-state index in [1.807, 2.05) is 12.1 Å². The highest BCUT2D eigenvalue weighted by Gasteiger charge is 2.33. The van der Waals surface area contributed by atoms with Gasteiger partial charge in [0.2, 0.25) is 0 Å². The minimum absolute atomic E-state index is 0.0993. The predicted molar refractivity (Wildman–Crippen MR) is 82.1 cm³/mol. The molecule has 0 spiro atoms. The van der Waals surface area contributed by atoms with Crippen LogP contribution in [-0.4, -0.2) is 33.5 Å². The maximum atomic E-state index is 8.91. The van der Waals surface area contributed by atoms with Crippen molar-refractivity contribution in [3.05, 3.63) is 29.6 Å². The average Bonchev–Trinajstić information content (AvgIpc) is 3.17. The van der Waals surface area contributed by atoms with Crippen LogP contribution in [0, 0.1) is 5.92 Å². The van der Waals surface area contributed by atoms with E-state index in [2.05, 4.69) is 15.0 Å². The fraction of sp³-hybridized carbons (Fsp3) is 0.625. The molecular weight excluding hydrogens is 264 g/mol. The molecule has 1 atom stereocenters. The number of hydrogen-bond acceptors (Lipinski definition) is 4. The summed E-state index contributed by atoms with van der Waals surface area (Å²) < 4.78 is 0. The van der Waals surface area contributed by atoms with Gasteiger partial charge < -0.3 is 10.9 Å². The van der Waals surface area contributed by atoms with E-state index in [1.54, 1.807) is 6.20 Å². The Morgan fingerprint density at radius 1 is 1.33 bits per heavy atom. The van der Waals surface area contributed by atoms with Crippen LogP contribution in [0.2, 0.25) is 0 Å². The molecule has 1 aromatic rings. The van der Waals surface area contributed by atoms with Crippen molar-refractivity contribution in [2.75, 3.05) is 6.54 Å². The van der Waals surface area contributed by atoms with E-state index in [-0.39, 0.29) is 5.84 Å². The monoisotopic (exact) mass is 288 g/mol. The standard InChI is InChI=1S/C16H24N4O/c17-16(19-21)15-13(7-3-9-18-15)11-20-10-4-8-14(20)12-5-1-2-6-12/h3,7,9,12,14,21H,1-2,4-6,8,10-11H2,(H2,17,19). The third-order valence-electron chi connectivity index (χ3n) is 4.97. The number of nitrogens with zero attached hydrogens (tertiary/aromatic N) is 3. The van der Waals surface area contributed by atoms with Gasteiger partial charge in [-0.1, -0.05) is 24.1 Å². The molecule has 21 heavy (non-hydrogen) atoms.